The predicted octanol–water partition coefficient (Wildman–Crippen LogP) is 3.47. The lowest BCUT2D eigenvalue weighted by atomic mass is 10.1. The van der Waals surface area contributed by atoms with E-state index in [0.29, 0.717) is 17.9 Å². The quantitative estimate of drug-likeness (QED) is 0.642. The van der Waals surface area contributed by atoms with Crippen molar-refractivity contribution in [2.75, 3.05) is 31.9 Å². The van der Waals surface area contributed by atoms with Crippen LogP contribution in [0.25, 0.3) is 0 Å². The van der Waals surface area contributed by atoms with Crippen molar-refractivity contribution in [2.45, 2.75) is 6.54 Å². The molecule has 6 nitrogen and oxygen atoms in total. The van der Waals surface area contributed by atoms with Gasteiger partial charge in [0.2, 0.25) is 0 Å². The molecule has 0 aliphatic rings. The van der Waals surface area contributed by atoms with Crippen molar-refractivity contribution in [3.8, 4) is 11.5 Å². The van der Waals surface area contributed by atoms with Gasteiger partial charge < -0.3 is 20.1 Å². The van der Waals surface area contributed by atoms with Crippen LogP contribution in [0, 0.1) is 5.41 Å². The summed E-state index contributed by atoms with van der Waals surface area (Å²) < 4.78 is 10.9. The third-order valence-electron chi connectivity index (χ3n) is 3.38. The molecular weight excluding hydrogens is 360 g/mol. The molecule has 0 aliphatic heterocycles. The van der Waals surface area contributed by atoms with Crippen LogP contribution in [0.5, 0.6) is 11.5 Å². The SMILES string of the molecule is CNc1ccnc(NCc2ccc(OC)cc2OC)c1C(=N)Br. The van der Waals surface area contributed by atoms with E-state index in [-0.39, 0.29) is 4.62 Å². The standard InChI is InChI=1S/C16H19BrN4O2/c1-19-12-6-7-20-16(14(12)15(17)18)21-9-10-4-5-11(22-2)8-13(10)23-3/h4-8,18H,9H2,1-3H3,(H2,19,20,21). The van der Waals surface area contributed by atoms with Gasteiger partial charge in [-0.15, -0.1) is 0 Å². The largest absolute Gasteiger partial charge is 0.497 e. The Kier molecular flexibility index (Phi) is 5.81. The maximum Gasteiger partial charge on any atom is 0.138 e. The molecule has 0 saturated heterocycles. The van der Waals surface area contributed by atoms with Crippen LogP contribution in [0.15, 0.2) is 30.5 Å². The van der Waals surface area contributed by atoms with Gasteiger partial charge in [-0.1, -0.05) is 0 Å². The van der Waals surface area contributed by atoms with Crippen LogP contribution in [0.2, 0.25) is 0 Å². The highest BCUT2D eigenvalue weighted by Crippen LogP contribution is 2.28. The van der Waals surface area contributed by atoms with Gasteiger partial charge in [-0.05, 0) is 34.1 Å². The highest BCUT2D eigenvalue weighted by Gasteiger charge is 2.13. The number of ether oxygens (including phenoxy) is 2. The maximum absolute atomic E-state index is 7.89. The van der Waals surface area contributed by atoms with Crippen LogP contribution >= 0.6 is 15.9 Å². The van der Waals surface area contributed by atoms with Crippen LogP contribution in [-0.4, -0.2) is 30.9 Å². The molecular formula is C16H19BrN4O2. The fraction of sp³-hybridized carbons (Fsp3) is 0.250. The zero-order valence-corrected chi connectivity index (χ0v) is 14.8. The monoisotopic (exact) mass is 378 g/mol. The number of nitrogens with one attached hydrogen (secondary N) is 3. The maximum atomic E-state index is 7.89. The second-order valence-corrected chi connectivity index (χ2v) is 5.47. The van der Waals surface area contributed by atoms with E-state index in [2.05, 4.69) is 31.5 Å². The molecule has 0 fully saturated rings. The van der Waals surface area contributed by atoms with Crippen LogP contribution < -0.4 is 20.1 Å². The van der Waals surface area contributed by atoms with E-state index in [1.54, 1.807) is 20.4 Å². The fourth-order valence-electron chi connectivity index (χ4n) is 2.20. The molecule has 0 bridgehead atoms. The summed E-state index contributed by atoms with van der Waals surface area (Å²) in [6, 6.07) is 7.47. The predicted molar refractivity (Wildman–Crippen MR) is 96.4 cm³/mol. The van der Waals surface area contributed by atoms with Crippen molar-refractivity contribution in [3.05, 3.63) is 41.6 Å². The van der Waals surface area contributed by atoms with Crippen LogP contribution in [0.4, 0.5) is 11.5 Å². The topological polar surface area (TPSA) is 79.3 Å². The van der Waals surface area contributed by atoms with Crippen molar-refractivity contribution >= 4 is 32.1 Å². The summed E-state index contributed by atoms with van der Waals surface area (Å²) in [5.74, 6) is 2.09. The summed E-state index contributed by atoms with van der Waals surface area (Å²) in [5.41, 5.74) is 2.48. The van der Waals surface area contributed by atoms with E-state index in [1.807, 2.05) is 31.3 Å². The van der Waals surface area contributed by atoms with Crippen LogP contribution in [-0.2, 0) is 6.54 Å². The van der Waals surface area contributed by atoms with Gasteiger partial charge in [-0.25, -0.2) is 4.98 Å². The molecule has 0 unspecified atom stereocenters. The number of benzene rings is 1. The third-order valence-corrected chi connectivity index (χ3v) is 3.78. The van der Waals surface area contributed by atoms with Crippen molar-refractivity contribution in [1.82, 2.24) is 4.98 Å². The third kappa shape index (κ3) is 3.92. The van der Waals surface area contributed by atoms with Gasteiger partial charge in [-0.2, -0.15) is 0 Å². The highest BCUT2D eigenvalue weighted by molar-refractivity contribution is 9.18. The first-order valence-corrected chi connectivity index (χ1v) is 7.76. The Hall–Kier alpha value is -2.28. The minimum Gasteiger partial charge on any atom is -0.497 e. The Labute approximate surface area is 143 Å². The molecule has 1 aromatic heterocycles. The van der Waals surface area contributed by atoms with Gasteiger partial charge >= 0.3 is 0 Å². The number of hydrogen-bond acceptors (Lipinski definition) is 6. The van der Waals surface area contributed by atoms with Gasteiger partial charge in [-0.3, -0.25) is 5.41 Å². The Morgan fingerprint density at radius 2 is 2.04 bits per heavy atom. The van der Waals surface area contributed by atoms with E-state index >= 15 is 0 Å². The summed E-state index contributed by atoms with van der Waals surface area (Å²) >= 11 is 3.22. The number of halogens is 1. The van der Waals surface area contributed by atoms with Crippen LogP contribution in [0.1, 0.15) is 11.1 Å². The van der Waals surface area contributed by atoms with Crippen LogP contribution in [0.3, 0.4) is 0 Å². The molecule has 2 rings (SSSR count). The smallest absolute Gasteiger partial charge is 0.138 e. The molecule has 7 heteroatoms. The number of rotatable bonds is 7. The Morgan fingerprint density at radius 1 is 1.26 bits per heavy atom. The lowest BCUT2D eigenvalue weighted by molar-refractivity contribution is 0.391. The van der Waals surface area contributed by atoms with E-state index in [4.69, 9.17) is 14.9 Å². The van der Waals surface area contributed by atoms with E-state index < -0.39 is 0 Å². The number of aromatic nitrogens is 1. The average Bonchev–Trinajstić information content (AvgIpc) is 2.58. The number of methoxy groups -OCH3 is 2. The van der Waals surface area contributed by atoms with Crippen molar-refractivity contribution in [3.63, 3.8) is 0 Å². The first kappa shape index (κ1) is 17.1. The van der Waals surface area contributed by atoms with Gasteiger partial charge in [0, 0.05) is 37.1 Å². The minimum absolute atomic E-state index is 0.263. The molecule has 0 radical (unpaired) electrons. The summed E-state index contributed by atoms with van der Waals surface area (Å²) in [7, 11) is 5.05. The molecule has 1 heterocycles. The number of pyridine rings is 1. The Balaban J connectivity index is 2.26. The summed E-state index contributed by atoms with van der Waals surface area (Å²) in [4.78, 5) is 4.33. The Morgan fingerprint density at radius 3 is 2.65 bits per heavy atom. The molecule has 0 spiro atoms. The van der Waals surface area contributed by atoms with Gasteiger partial charge in [0.25, 0.3) is 0 Å². The first-order valence-electron chi connectivity index (χ1n) is 6.96. The molecule has 122 valence electrons. The number of anilines is 2. The Bertz CT molecular complexity index is 706. The van der Waals surface area contributed by atoms with Crippen molar-refractivity contribution < 1.29 is 9.47 Å². The molecule has 0 amide bonds. The molecule has 3 N–H and O–H groups in total. The number of hydrogen-bond donors (Lipinski definition) is 3. The van der Waals surface area contributed by atoms with Crippen molar-refractivity contribution in [2.24, 2.45) is 0 Å². The second kappa shape index (κ2) is 7.82. The molecule has 0 atom stereocenters. The summed E-state index contributed by atoms with van der Waals surface area (Å²) in [6.45, 7) is 0.514. The lowest BCUT2D eigenvalue weighted by Crippen LogP contribution is -2.09. The van der Waals surface area contributed by atoms with E-state index in [1.165, 1.54) is 0 Å². The molecule has 1 aromatic carbocycles. The molecule has 23 heavy (non-hydrogen) atoms. The van der Waals surface area contributed by atoms with Gasteiger partial charge in [0.15, 0.2) is 0 Å². The second-order valence-electron chi connectivity index (χ2n) is 4.68. The zero-order chi connectivity index (χ0) is 16.8. The van der Waals surface area contributed by atoms with E-state index in [9.17, 15) is 0 Å². The normalized spacial score (nSPS) is 10.1. The zero-order valence-electron chi connectivity index (χ0n) is 13.2. The van der Waals surface area contributed by atoms with Gasteiger partial charge in [0.1, 0.15) is 21.9 Å². The summed E-state index contributed by atoms with van der Waals surface area (Å²) in [6.07, 6.45) is 1.69. The molecule has 0 saturated carbocycles. The lowest BCUT2D eigenvalue weighted by Gasteiger charge is -2.15. The average molecular weight is 379 g/mol. The fourth-order valence-corrected chi connectivity index (χ4v) is 2.60. The van der Waals surface area contributed by atoms with E-state index in [0.717, 1.165) is 22.7 Å². The number of nitrogens with zero attached hydrogens (tertiary/aromatic N) is 1. The van der Waals surface area contributed by atoms with Gasteiger partial charge in [0.05, 0.1) is 19.8 Å². The highest BCUT2D eigenvalue weighted by atomic mass is 79.9. The summed E-state index contributed by atoms with van der Waals surface area (Å²) in [5, 5.41) is 14.2. The molecule has 0 aliphatic carbocycles. The first-order chi connectivity index (χ1) is 11.1. The molecule has 2 aromatic rings. The minimum atomic E-state index is 0.263. The van der Waals surface area contributed by atoms with Crippen molar-refractivity contribution in [1.29, 1.82) is 5.41 Å².